The molecule has 4 nitrogen and oxygen atoms in total. The Morgan fingerprint density at radius 1 is 0.517 bits per heavy atom. The first-order valence-corrected chi connectivity index (χ1v) is 20.5. The van der Waals surface area contributed by atoms with E-state index in [9.17, 15) is 0 Å². The Kier molecular flexibility index (Phi) is 7.13. The van der Waals surface area contributed by atoms with Crippen molar-refractivity contribution in [2.45, 2.75) is 6.92 Å². The van der Waals surface area contributed by atoms with Crippen LogP contribution < -0.4 is 0 Å². The number of hydrogen-bond donors (Lipinski definition) is 0. The first-order chi connectivity index (χ1) is 28.7. The van der Waals surface area contributed by atoms with E-state index in [0.29, 0.717) is 5.95 Å². The van der Waals surface area contributed by atoms with Crippen molar-refractivity contribution < 1.29 is 0 Å². The normalized spacial score (nSPS) is 12.2. The second kappa shape index (κ2) is 12.6. The molecule has 0 spiro atoms. The molecule has 0 saturated carbocycles. The van der Waals surface area contributed by atoms with Crippen LogP contribution in [0.15, 0.2) is 170 Å². The number of hydrogen-bond acceptors (Lipinski definition) is 3. The highest BCUT2D eigenvalue weighted by Gasteiger charge is 2.25. The van der Waals surface area contributed by atoms with Crippen LogP contribution in [0, 0.1) is 0 Å². The van der Waals surface area contributed by atoms with E-state index in [1.165, 1.54) is 41.7 Å². The minimum absolute atomic E-state index is 0.621. The van der Waals surface area contributed by atoms with Crippen molar-refractivity contribution in [2.24, 2.45) is 0 Å². The van der Waals surface area contributed by atoms with Crippen LogP contribution in [0.1, 0.15) is 18.2 Å². The van der Waals surface area contributed by atoms with Gasteiger partial charge in [-0.3, -0.25) is 4.57 Å². The van der Waals surface area contributed by atoms with Crippen molar-refractivity contribution in [2.75, 3.05) is 0 Å². The van der Waals surface area contributed by atoms with Crippen molar-refractivity contribution >= 4 is 109 Å². The Morgan fingerprint density at radius 3 is 1.93 bits per heavy atom. The molecule has 58 heavy (non-hydrogen) atoms. The zero-order chi connectivity index (χ0) is 38.5. The van der Waals surface area contributed by atoms with Crippen molar-refractivity contribution in [1.82, 2.24) is 19.1 Å². The predicted molar refractivity (Wildman–Crippen MR) is 249 cm³/mol. The SMILES string of the molecule is C=Cc1c(/C=C\C)n(-c2nc(-c3ccccc3)c3c4ccccc4c4ccccc4c3n2)c2ccc3c(c4ccccc4n3-c3ccc4sc5ccccc5c4c3)c12. The third kappa shape index (κ3) is 4.56. The van der Waals surface area contributed by atoms with Crippen LogP contribution in [0.25, 0.3) is 120 Å². The maximum atomic E-state index is 5.57. The van der Waals surface area contributed by atoms with E-state index in [0.717, 1.165) is 71.8 Å². The molecule has 0 radical (unpaired) electrons. The summed E-state index contributed by atoms with van der Waals surface area (Å²) < 4.78 is 7.27. The van der Waals surface area contributed by atoms with Crippen LogP contribution >= 0.6 is 11.3 Å². The molecular weight excluding hydrogens is 725 g/mol. The van der Waals surface area contributed by atoms with E-state index in [4.69, 9.17) is 9.97 Å². The van der Waals surface area contributed by atoms with Gasteiger partial charge in [0.15, 0.2) is 0 Å². The Bertz CT molecular complexity index is 3710. The number of para-hydroxylation sites is 1. The topological polar surface area (TPSA) is 35.6 Å². The van der Waals surface area contributed by atoms with E-state index in [-0.39, 0.29) is 0 Å². The van der Waals surface area contributed by atoms with Gasteiger partial charge in [-0.05, 0) is 71.6 Å². The zero-order valence-corrected chi connectivity index (χ0v) is 32.5. The molecule has 0 aliphatic heterocycles. The monoisotopic (exact) mass is 758 g/mol. The summed E-state index contributed by atoms with van der Waals surface area (Å²) in [6, 6.07) is 56.7. The number of thiophene rings is 1. The van der Waals surface area contributed by atoms with Crippen LogP contribution in [0.2, 0.25) is 0 Å². The van der Waals surface area contributed by atoms with Gasteiger partial charge in [-0.25, -0.2) is 9.97 Å². The number of nitrogens with zero attached hydrogens (tertiary/aromatic N) is 4. The van der Waals surface area contributed by atoms with Gasteiger partial charge in [0.1, 0.15) is 0 Å². The molecule has 12 aromatic rings. The summed E-state index contributed by atoms with van der Waals surface area (Å²) in [5.41, 5.74) is 9.39. The first kappa shape index (κ1) is 32.9. The predicted octanol–water partition coefficient (Wildman–Crippen LogP) is 14.7. The molecule has 0 fully saturated rings. The van der Waals surface area contributed by atoms with Gasteiger partial charge in [-0.1, -0.05) is 134 Å². The zero-order valence-electron chi connectivity index (χ0n) is 31.6. The largest absolute Gasteiger partial charge is 0.309 e. The highest BCUT2D eigenvalue weighted by atomic mass is 32.1. The molecule has 0 saturated heterocycles. The van der Waals surface area contributed by atoms with Crippen LogP contribution in [-0.4, -0.2) is 19.1 Å². The summed E-state index contributed by atoms with van der Waals surface area (Å²) >= 11 is 1.85. The maximum Gasteiger partial charge on any atom is 0.235 e. The van der Waals surface area contributed by atoms with Crippen molar-refractivity contribution in [3.8, 4) is 22.9 Å². The highest BCUT2D eigenvalue weighted by Crippen LogP contribution is 2.45. The smallest absolute Gasteiger partial charge is 0.235 e. The van der Waals surface area contributed by atoms with Gasteiger partial charge in [0, 0.05) is 63.9 Å². The Hall–Kier alpha value is -7.34. The average Bonchev–Trinajstić information content (AvgIpc) is 3.93. The lowest BCUT2D eigenvalue weighted by Crippen LogP contribution is -2.06. The van der Waals surface area contributed by atoms with E-state index in [2.05, 4.69) is 193 Å². The third-order valence-electron chi connectivity index (χ3n) is 11.8. The molecule has 12 rings (SSSR count). The quantitative estimate of drug-likeness (QED) is 0.164. The molecule has 4 aromatic heterocycles. The lowest BCUT2D eigenvalue weighted by atomic mass is 9.94. The van der Waals surface area contributed by atoms with Gasteiger partial charge < -0.3 is 4.57 Å². The molecule has 0 unspecified atom stereocenters. The van der Waals surface area contributed by atoms with E-state index >= 15 is 0 Å². The van der Waals surface area contributed by atoms with E-state index in [1.807, 2.05) is 17.4 Å². The maximum absolute atomic E-state index is 5.57. The first-order valence-electron chi connectivity index (χ1n) is 19.7. The van der Waals surface area contributed by atoms with Crippen LogP contribution in [0.3, 0.4) is 0 Å². The highest BCUT2D eigenvalue weighted by molar-refractivity contribution is 7.25. The van der Waals surface area contributed by atoms with Gasteiger partial charge in [0.2, 0.25) is 5.95 Å². The Balaban J connectivity index is 1.22. The molecule has 5 heteroatoms. The van der Waals surface area contributed by atoms with Crippen LogP contribution in [0.5, 0.6) is 0 Å². The molecule has 4 heterocycles. The van der Waals surface area contributed by atoms with Crippen LogP contribution in [0.4, 0.5) is 0 Å². The molecule has 272 valence electrons. The summed E-state index contributed by atoms with van der Waals surface area (Å²) in [5.74, 6) is 0.621. The fourth-order valence-corrected chi connectivity index (χ4v) is 10.5. The van der Waals surface area contributed by atoms with Gasteiger partial charge >= 0.3 is 0 Å². The van der Waals surface area contributed by atoms with E-state index < -0.39 is 0 Å². The van der Waals surface area contributed by atoms with Crippen molar-refractivity contribution in [3.05, 3.63) is 182 Å². The van der Waals surface area contributed by atoms with Crippen LogP contribution in [-0.2, 0) is 0 Å². The fourth-order valence-electron chi connectivity index (χ4n) is 9.43. The Morgan fingerprint density at radius 2 is 1.16 bits per heavy atom. The lowest BCUT2D eigenvalue weighted by Gasteiger charge is -2.16. The average molecular weight is 759 g/mol. The Labute approximate surface area is 337 Å². The fraction of sp³-hybridized carbons (Fsp3) is 0.0189. The number of rotatable bonds is 5. The summed E-state index contributed by atoms with van der Waals surface area (Å²) in [4.78, 5) is 11.1. The van der Waals surface area contributed by atoms with Gasteiger partial charge in [0.25, 0.3) is 0 Å². The number of benzene rings is 8. The van der Waals surface area contributed by atoms with Crippen molar-refractivity contribution in [1.29, 1.82) is 0 Å². The third-order valence-corrected chi connectivity index (χ3v) is 13.0. The number of fused-ring (bicyclic) bond motifs is 14. The summed E-state index contributed by atoms with van der Waals surface area (Å²) in [6.07, 6.45) is 6.28. The van der Waals surface area contributed by atoms with Gasteiger partial charge in [-0.15, -0.1) is 11.3 Å². The van der Waals surface area contributed by atoms with Crippen molar-refractivity contribution in [3.63, 3.8) is 0 Å². The summed E-state index contributed by atoms with van der Waals surface area (Å²) in [7, 11) is 0. The molecule has 8 aromatic carbocycles. The minimum atomic E-state index is 0.621. The molecule has 0 N–H and O–H groups in total. The molecular formula is C53H34N4S. The van der Waals surface area contributed by atoms with E-state index in [1.54, 1.807) is 0 Å². The molecule has 0 aliphatic carbocycles. The number of allylic oxidation sites excluding steroid dienone is 1. The molecule has 0 aliphatic rings. The summed E-state index contributed by atoms with van der Waals surface area (Å²) in [5, 5.41) is 11.7. The molecule has 0 bridgehead atoms. The van der Waals surface area contributed by atoms with Gasteiger partial charge in [-0.2, -0.15) is 0 Å². The molecule has 0 atom stereocenters. The number of aromatic nitrogens is 4. The second-order valence-electron chi connectivity index (χ2n) is 14.9. The summed E-state index contributed by atoms with van der Waals surface area (Å²) in [6.45, 7) is 6.50. The standard InChI is InChI=1S/C53H34N4S/c1-3-16-42-34(4-2)48-45(29-28-44-49(48)40-24-12-14-25-43(40)56(44)33-27-30-47-41(31-33)37-21-13-15-26-46(37)58-47)57(42)53-54-51(32-17-6-5-7-18-32)50-38-22-10-8-19-35(38)36-20-9-11-23-39(36)52(50)55-53/h3-31H,2H2,1H3/b16-3-. The minimum Gasteiger partial charge on any atom is -0.309 e. The molecule has 0 amide bonds. The second-order valence-corrected chi connectivity index (χ2v) is 16.0. The van der Waals surface area contributed by atoms with Gasteiger partial charge in [0.05, 0.1) is 33.5 Å². The lowest BCUT2D eigenvalue weighted by molar-refractivity contribution is 0.974.